The highest BCUT2D eigenvalue weighted by atomic mass is 19.3. The molecule has 0 bridgehead atoms. The zero-order valence-electron chi connectivity index (χ0n) is 8.86. The van der Waals surface area contributed by atoms with Crippen molar-refractivity contribution in [2.24, 2.45) is 5.92 Å². The Morgan fingerprint density at radius 1 is 1.00 bits per heavy atom. The molecule has 2 heteroatoms. The molecule has 80 valence electrons. The molecule has 0 aromatic carbocycles. The molecular weight excluding hydrogens is 170 g/mol. The molecule has 0 heterocycles. The summed E-state index contributed by atoms with van der Waals surface area (Å²) in [6.45, 7) is 4.10. The maximum atomic E-state index is 11.9. The lowest BCUT2D eigenvalue weighted by Gasteiger charge is -2.09. The van der Waals surface area contributed by atoms with Crippen LogP contribution in [0.25, 0.3) is 0 Å². The van der Waals surface area contributed by atoms with Gasteiger partial charge in [-0.15, -0.1) is 0 Å². The smallest absolute Gasteiger partial charge is 0.211 e. The van der Waals surface area contributed by atoms with Gasteiger partial charge < -0.3 is 0 Å². The zero-order chi connectivity index (χ0) is 10.1. The van der Waals surface area contributed by atoms with E-state index >= 15 is 0 Å². The van der Waals surface area contributed by atoms with Crippen LogP contribution >= 0.6 is 0 Å². The molecule has 0 unspecified atom stereocenters. The minimum Gasteiger partial charge on any atom is -0.211 e. The van der Waals surface area contributed by atoms with E-state index in [1.165, 1.54) is 25.7 Å². The summed E-state index contributed by atoms with van der Waals surface area (Å²) in [7, 11) is 0. The Kier molecular flexibility index (Phi) is 8.37. The number of halogens is 2. The highest BCUT2D eigenvalue weighted by molar-refractivity contribution is 4.55. The molecule has 0 fully saturated rings. The molecule has 0 aliphatic rings. The fourth-order valence-electron chi connectivity index (χ4n) is 1.52. The average molecular weight is 192 g/mol. The summed E-state index contributed by atoms with van der Waals surface area (Å²) in [5, 5.41) is 0. The summed E-state index contributed by atoms with van der Waals surface area (Å²) in [4.78, 5) is 0. The van der Waals surface area contributed by atoms with Gasteiger partial charge in [-0.3, -0.25) is 0 Å². The third-order valence-electron chi connectivity index (χ3n) is 2.38. The van der Waals surface area contributed by atoms with E-state index in [0.29, 0.717) is 0 Å². The minimum absolute atomic E-state index is 0.0772. The molecule has 0 spiro atoms. The molecular formula is C11H22F2. The molecule has 0 nitrogen and oxygen atoms in total. The fourth-order valence-corrected chi connectivity index (χ4v) is 1.52. The maximum absolute atomic E-state index is 11.9. The SMILES string of the molecule is CCCCCCC[C@H](C)CC(F)F. The zero-order valence-corrected chi connectivity index (χ0v) is 8.86. The first kappa shape index (κ1) is 12.9. The van der Waals surface area contributed by atoms with Crippen LogP contribution in [0, 0.1) is 5.92 Å². The van der Waals surface area contributed by atoms with Crippen LogP contribution in [0.1, 0.15) is 58.8 Å². The molecule has 0 amide bonds. The average Bonchev–Trinajstić information content (AvgIpc) is 2.02. The van der Waals surface area contributed by atoms with Crippen molar-refractivity contribution in [2.45, 2.75) is 65.2 Å². The van der Waals surface area contributed by atoms with E-state index in [4.69, 9.17) is 0 Å². The Morgan fingerprint density at radius 3 is 2.15 bits per heavy atom. The van der Waals surface area contributed by atoms with Crippen LogP contribution in [-0.2, 0) is 0 Å². The van der Waals surface area contributed by atoms with Gasteiger partial charge in [0.05, 0.1) is 0 Å². The predicted octanol–water partition coefficient (Wildman–Crippen LogP) is 4.64. The quantitative estimate of drug-likeness (QED) is 0.491. The van der Waals surface area contributed by atoms with Gasteiger partial charge in [0.15, 0.2) is 0 Å². The molecule has 0 radical (unpaired) electrons. The monoisotopic (exact) mass is 192 g/mol. The van der Waals surface area contributed by atoms with E-state index in [-0.39, 0.29) is 12.3 Å². The molecule has 0 N–H and O–H groups in total. The topological polar surface area (TPSA) is 0 Å². The van der Waals surface area contributed by atoms with Gasteiger partial charge in [0.2, 0.25) is 6.43 Å². The molecule has 0 aliphatic heterocycles. The van der Waals surface area contributed by atoms with E-state index < -0.39 is 6.43 Å². The van der Waals surface area contributed by atoms with E-state index in [9.17, 15) is 8.78 Å². The lowest BCUT2D eigenvalue weighted by molar-refractivity contribution is 0.115. The molecule has 13 heavy (non-hydrogen) atoms. The van der Waals surface area contributed by atoms with Crippen LogP contribution in [0.3, 0.4) is 0 Å². The van der Waals surface area contributed by atoms with Crippen molar-refractivity contribution in [1.82, 2.24) is 0 Å². The molecule has 0 saturated heterocycles. The van der Waals surface area contributed by atoms with Gasteiger partial charge in [0, 0.05) is 6.42 Å². The van der Waals surface area contributed by atoms with Crippen molar-refractivity contribution >= 4 is 0 Å². The Balaban J connectivity index is 3.12. The second kappa shape index (κ2) is 8.46. The number of unbranched alkanes of at least 4 members (excludes halogenated alkanes) is 4. The molecule has 0 saturated carbocycles. The van der Waals surface area contributed by atoms with Gasteiger partial charge in [-0.2, -0.15) is 0 Å². The summed E-state index contributed by atoms with van der Waals surface area (Å²) >= 11 is 0. The van der Waals surface area contributed by atoms with Crippen LogP contribution < -0.4 is 0 Å². The van der Waals surface area contributed by atoms with Crippen LogP contribution in [0.4, 0.5) is 8.78 Å². The third-order valence-corrected chi connectivity index (χ3v) is 2.38. The van der Waals surface area contributed by atoms with Gasteiger partial charge in [0.25, 0.3) is 0 Å². The Morgan fingerprint density at radius 2 is 1.62 bits per heavy atom. The first-order valence-corrected chi connectivity index (χ1v) is 5.45. The van der Waals surface area contributed by atoms with Crippen molar-refractivity contribution in [1.29, 1.82) is 0 Å². The summed E-state index contributed by atoms with van der Waals surface area (Å²) in [6, 6.07) is 0. The van der Waals surface area contributed by atoms with Crippen molar-refractivity contribution in [3.63, 3.8) is 0 Å². The lowest BCUT2D eigenvalue weighted by Crippen LogP contribution is -2.01. The highest BCUT2D eigenvalue weighted by Gasteiger charge is 2.09. The predicted molar refractivity (Wildman–Crippen MR) is 53.2 cm³/mol. The first-order chi connectivity index (χ1) is 6.16. The number of alkyl halides is 2. The van der Waals surface area contributed by atoms with Gasteiger partial charge in [-0.05, 0) is 5.92 Å². The van der Waals surface area contributed by atoms with Gasteiger partial charge in [0.1, 0.15) is 0 Å². The molecule has 1 atom stereocenters. The van der Waals surface area contributed by atoms with Crippen molar-refractivity contribution in [3.05, 3.63) is 0 Å². The van der Waals surface area contributed by atoms with Crippen molar-refractivity contribution < 1.29 is 8.78 Å². The Labute approximate surface area is 80.7 Å². The standard InChI is InChI=1S/C11H22F2/c1-3-4-5-6-7-8-10(2)9-11(12)13/h10-11H,3-9H2,1-2H3/t10-/m0/s1. The van der Waals surface area contributed by atoms with Crippen LogP contribution in [0.15, 0.2) is 0 Å². The number of hydrogen-bond acceptors (Lipinski definition) is 0. The minimum atomic E-state index is -2.12. The molecule has 0 aromatic rings. The second-order valence-corrected chi connectivity index (χ2v) is 3.93. The van der Waals surface area contributed by atoms with Gasteiger partial charge in [-0.1, -0.05) is 52.4 Å². The molecule has 0 aromatic heterocycles. The summed E-state index contributed by atoms with van der Waals surface area (Å²) in [5.74, 6) is 0.196. The number of rotatable bonds is 8. The second-order valence-electron chi connectivity index (χ2n) is 3.93. The van der Waals surface area contributed by atoms with Crippen LogP contribution in [0.5, 0.6) is 0 Å². The van der Waals surface area contributed by atoms with Crippen LogP contribution in [-0.4, -0.2) is 6.43 Å². The Bertz CT molecular complexity index is 102. The summed E-state index contributed by atoms with van der Waals surface area (Å²) in [6.07, 6.45) is 5.04. The largest absolute Gasteiger partial charge is 0.238 e. The molecule has 0 aliphatic carbocycles. The highest BCUT2D eigenvalue weighted by Crippen LogP contribution is 2.17. The Hall–Kier alpha value is -0.140. The summed E-state index contributed by atoms with van der Waals surface area (Å²) in [5.41, 5.74) is 0. The number of hydrogen-bond donors (Lipinski definition) is 0. The van der Waals surface area contributed by atoms with Crippen molar-refractivity contribution in [2.75, 3.05) is 0 Å². The summed E-state index contributed by atoms with van der Waals surface area (Å²) < 4.78 is 23.8. The van der Waals surface area contributed by atoms with E-state index in [2.05, 4.69) is 6.92 Å². The van der Waals surface area contributed by atoms with Crippen LogP contribution in [0.2, 0.25) is 0 Å². The van der Waals surface area contributed by atoms with E-state index in [0.717, 1.165) is 12.8 Å². The first-order valence-electron chi connectivity index (χ1n) is 5.45. The molecule has 0 rings (SSSR count). The lowest BCUT2D eigenvalue weighted by atomic mass is 9.99. The fraction of sp³-hybridized carbons (Fsp3) is 1.00. The van der Waals surface area contributed by atoms with Gasteiger partial charge in [-0.25, -0.2) is 8.78 Å². The normalized spacial score (nSPS) is 13.6. The maximum Gasteiger partial charge on any atom is 0.238 e. The van der Waals surface area contributed by atoms with E-state index in [1.807, 2.05) is 6.92 Å². The third kappa shape index (κ3) is 9.78. The van der Waals surface area contributed by atoms with E-state index in [1.54, 1.807) is 0 Å². The van der Waals surface area contributed by atoms with Gasteiger partial charge >= 0.3 is 0 Å². The van der Waals surface area contributed by atoms with Crippen molar-refractivity contribution in [3.8, 4) is 0 Å².